The molecule has 0 N–H and O–H groups in total. The smallest absolute Gasteiger partial charge is 0.247 e. The Morgan fingerprint density at radius 3 is 2.58 bits per heavy atom. The second kappa shape index (κ2) is 5.44. The Bertz CT molecular complexity index is 526. The van der Waals surface area contributed by atoms with Crippen LogP contribution in [-0.2, 0) is 14.4 Å². The number of imide groups is 1. The highest BCUT2D eigenvalue weighted by atomic mass is 32.2. The molecule has 5 nitrogen and oxygen atoms in total. The molecule has 1 aromatic rings. The average Bonchev–Trinajstić information content (AvgIpc) is 2.63. The molecule has 0 aromatic heterocycles. The maximum atomic E-state index is 12.1. The van der Waals surface area contributed by atoms with E-state index in [1.807, 2.05) is 19.1 Å². The van der Waals surface area contributed by atoms with Gasteiger partial charge in [0.2, 0.25) is 11.8 Å². The fourth-order valence-electron chi connectivity index (χ4n) is 1.87. The molecule has 1 aromatic carbocycles. The van der Waals surface area contributed by atoms with E-state index in [0.717, 1.165) is 22.2 Å². The summed E-state index contributed by atoms with van der Waals surface area (Å²) in [6, 6.07) is 7.04. The maximum absolute atomic E-state index is 12.1. The first-order chi connectivity index (χ1) is 8.99. The van der Waals surface area contributed by atoms with Gasteiger partial charge in [-0.2, -0.15) is 0 Å². The van der Waals surface area contributed by atoms with Gasteiger partial charge >= 0.3 is 0 Å². The van der Waals surface area contributed by atoms with E-state index in [1.54, 1.807) is 12.1 Å². The maximum Gasteiger partial charge on any atom is 0.247 e. The van der Waals surface area contributed by atoms with Gasteiger partial charge in [0.15, 0.2) is 0 Å². The Labute approximate surface area is 114 Å². The molecule has 0 saturated carbocycles. The third kappa shape index (κ3) is 2.96. The first-order valence-electron chi connectivity index (χ1n) is 5.74. The number of amides is 2. The van der Waals surface area contributed by atoms with Crippen molar-refractivity contribution in [3.63, 3.8) is 0 Å². The normalized spacial score (nSPS) is 19.0. The van der Waals surface area contributed by atoms with Gasteiger partial charge in [0.25, 0.3) is 0 Å². The van der Waals surface area contributed by atoms with Crippen LogP contribution in [0.15, 0.2) is 24.3 Å². The van der Waals surface area contributed by atoms with E-state index < -0.39 is 11.2 Å². The molecule has 2 rings (SSSR count). The average molecular weight is 278 g/mol. The highest BCUT2D eigenvalue weighted by Crippen LogP contribution is 2.29. The molecular weight excluding hydrogens is 266 g/mol. The lowest BCUT2D eigenvalue weighted by Crippen LogP contribution is -2.32. The van der Waals surface area contributed by atoms with E-state index in [2.05, 4.69) is 0 Å². The van der Waals surface area contributed by atoms with Crippen molar-refractivity contribution in [2.24, 2.45) is 0 Å². The summed E-state index contributed by atoms with van der Waals surface area (Å²) in [5, 5.41) is 9.76. The standard InChI is InChI=1S/C13H13NO4S/c1-8-2-4-9(5-3-8)14-11(15)6-10(13(14)18)19-7-12(16)17/h2-5,10H,6-7H2,1H3,(H,16,17)/p-1/t10-/m0/s1. The van der Waals surface area contributed by atoms with Crippen LogP contribution in [0.2, 0.25) is 0 Å². The Kier molecular flexibility index (Phi) is 3.90. The third-order valence-electron chi connectivity index (χ3n) is 2.80. The number of carboxylic acids is 1. The number of benzene rings is 1. The van der Waals surface area contributed by atoms with Crippen LogP contribution in [0.1, 0.15) is 12.0 Å². The molecular formula is C13H12NO4S-. The highest BCUT2D eigenvalue weighted by molar-refractivity contribution is 8.01. The van der Waals surface area contributed by atoms with Gasteiger partial charge in [-0.3, -0.25) is 9.59 Å². The molecule has 1 fully saturated rings. The SMILES string of the molecule is Cc1ccc(N2C(=O)C[C@H](SCC(=O)[O-])C2=O)cc1. The molecule has 1 aliphatic heterocycles. The molecule has 2 amide bonds. The zero-order valence-electron chi connectivity index (χ0n) is 10.3. The van der Waals surface area contributed by atoms with Crippen LogP contribution in [0.3, 0.4) is 0 Å². The Hall–Kier alpha value is -1.82. The summed E-state index contributed by atoms with van der Waals surface area (Å²) < 4.78 is 0. The van der Waals surface area contributed by atoms with E-state index in [4.69, 9.17) is 0 Å². The van der Waals surface area contributed by atoms with Crippen molar-refractivity contribution in [1.29, 1.82) is 0 Å². The second-order valence-corrected chi connectivity index (χ2v) is 5.47. The number of carboxylic acid groups (broad SMARTS) is 1. The molecule has 0 spiro atoms. The van der Waals surface area contributed by atoms with Crippen molar-refractivity contribution < 1.29 is 19.5 Å². The molecule has 0 unspecified atom stereocenters. The molecule has 1 heterocycles. The van der Waals surface area contributed by atoms with E-state index >= 15 is 0 Å². The molecule has 0 radical (unpaired) electrons. The summed E-state index contributed by atoms with van der Waals surface area (Å²) >= 11 is 0.931. The zero-order valence-corrected chi connectivity index (χ0v) is 11.1. The fourth-order valence-corrected chi connectivity index (χ4v) is 2.71. The lowest BCUT2D eigenvalue weighted by atomic mass is 10.2. The third-order valence-corrected chi connectivity index (χ3v) is 3.97. The Morgan fingerprint density at radius 2 is 2.00 bits per heavy atom. The molecule has 100 valence electrons. The highest BCUT2D eigenvalue weighted by Gasteiger charge is 2.39. The van der Waals surface area contributed by atoms with E-state index in [9.17, 15) is 19.5 Å². The first kappa shape index (κ1) is 13.6. The van der Waals surface area contributed by atoms with Gasteiger partial charge in [0.05, 0.1) is 16.9 Å². The number of anilines is 1. The second-order valence-electron chi connectivity index (χ2n) is 4.28. The van der Waals surface area contributed by atoms with Crippen LogP contribution < -0.4 is 10.0 Å². The summed E-state index contributed by atoms with van der Waals surface area (Å²) in [6.45, 7) is 1.91. The summed E-state index contributed by atoms with van der Waals surface area (Å²) in [5.74, 6) is -2.19. The number of carbonyl (C=O) groups is 3. The summed E-state index contributed by atoms with van der Waals surface area (Å²) in [4.78, 5) is 35.4. The minimum absolute atomic E-state index is 0.0324. The van der Waals surface area contributed by atoms with Crippen molar-refractivity contribution in [2.75, 3.05) is 10.7 Å². The number of thioether (sulfide) groups is 1. The van der Waals surface area contributed by atoms with Gasteiger partial charge in [-0.25, -0.2) is 4.90 Å². The number of nitrogens with zero attached hydrogens (tertiary/aromatic N) is 1. The van der Waals surface area contributed by atoms with Gasteiger partial charge in [0.1, 0.15) is 0 Å². The fraction of sp³-hybridized carbons (Fsp3) is 0.308. The van der Waals surface area contributed by atoms with Crippen molar-refractivity contribution in [1.82, 2.24) is 0 Å². The minimum Gasteiger partial charge on any atom is -0.549 e. The number of hydrogen-bond donors (Lipinski definition) is 0. The molecule has 19 heavy (non-hydrogen) atoms. The number of aryl methyl sites for hydroxylation is 1. The number of hydrogen-bond acceptors (Lipinski definition) is 5. The van der Waals surface area contributed by atoms with Crippen LogP contribution in [0.4, 0.5) is 5.69 Å². The van der Waals surface area contributed by atoms with Crippen LogP contribution in [0.25, 0.3) is 0 Å². The van der Waals surface area contributed by atoms with Gasteiger partial charge in [0, 0.05) is 12.2 Å². The predicted octanol–water partition coefficient (Wildman–Crippen LogP) is 0.110. The summed E-state index contributed by atoms with van der Waals surface area (Å²) in [7, 11) is 0. The van der Waals surface area contributed by atoms with Gasteiger partial charge in [-0.1, -0.05) is 17.7 Å². The predicted molar refractivity (Wildman–Crippen MR) is 69.5 cm³/mol. The van der Waals surface area contributed by atoms with Crippen LogP contribution in [-0.4, -0.2) is 28.8 Å². The lowest BCUT2D eigenvalue weighted by Gasteiger charge is -2.15. The van der Waals surface area contributed by atoms with Crippen molar-refractivity contribution >= 4 is 35.2 Å². The van der Waals surface area contributed by atoms with E-state index in [1.165, 1.54) is 0 Å². The van der Waals surface area contributed by atoms with E-state index in [-0.39, 0.29) is 24.0 Å². The molecule has 0 bridgehead atoms. The van der Waals surface area contributed by atoms with Crippen molar-refractivity contribution in [2.45, 2.75) is 18.6 Å². The molecule has 1 aliphatic rings. The van der Waals surface area contributed by atoms with Crippen LogP contribution >= 0.6 is 11.8 Å². The van der Waals surface area contributed by atoms with Crippen molar-refractivity contribution in [3.05, 3.63) is 29.8 Å². The quantitative estimate of drug-likeness (QED) is 0.731. The Balaban J connectivity index is 2.14. The van der Waals surface area contributed by atoms with Gasteiger partial charge in [-0.15, -0.1) is 11.8 Å². The van der Waals surface area contributed by atoms with Crippen LogP contribution in [0, 0.1) is 6.92 Å². The zero-order chi connectivity index (χ0) is 14.0. The molecule has 1 atom stereocenters. The summed E-state index contributed by atoms with van der Waals surface area (Å²) in [6.07, 6.45) is 0.0324. The monoisotopic (exact) mass is 278 g/mol. The lowest BCUT2D eigenvalue weighted by molar-refractivity contribution is -0.301. The Morgan fingerprint density at radius 1 is 1.37 bits per heavy atom. The van der Waals surface area contributed by atoms with E-state index in [0.29, 0.717) is 5.69 Å². The molecule has 6 heteroatoms. The largest absolute Gasteiger partial charge is 0.549 e. The number of rotatable bonds is 4. The van der Waals surface area contributed by atoms with Gasteiger partial charge in [-0.05, 0) is 19.1 Å². The van der Waals surface area contributed by atoms with Gasteiger partial charge < -0.3 is 9.90 Å². The van der Waals surface area contributed by atoms with Crippen LogP contribution in [0.5, 0.6) is 0 Å². The summed E-state index contributed by atoms with van der Waals surface area (Å²) in [5.41, 5.74) is 1.56. The molecule has 0 aliphatic carbocycles. The number of carbonyl (C=O) groups excluding carboxylic acids is 3. The minimum atomic E-state index is -1.24. The first-order valence-corrected chi connectivity index (χ1v) is 6.79. The number of aliphatic carboxylic acids is 1. The van der Waals surface area contributed by atoms with Crippen molar-refractivity contribution in [3.8, 4) is 0 Å². The topological polar surface area (TPSA) is 77.5 Å². The molecule has 1 saturated heterocycles.